The molecule has 0 aromatic heterocycles. The van der Waals surface area contributed by atoms with Crippen LogP contribution in [0.25, 0.3) is 0 Å². The summed E-state index contributed by atoms with van der Waals surface area (Å²) in [4.78, 5) is 1.22. The van der Waals surface area contributed by atoms with Gasteiger partial charge in [0, 0.05) is 12.6 Å². The van der Waals surface area contributed by atoms with Crippen molar-refractivity contribution in [2.75, 3.05) is 26.2 Å². The molecule has 1 unspecified atom stereocenters. The lowest BCUT2D eigenvalue weighted by atomic mass is 10.0. The fourth-order valence-electron chi connectivity index (χ4n) is 2.10. The van der Waals surface area contributed by atoms with Crippen LogP contribution in [0.3, 0.4) is 0 Å². The summed E-state index contributed by atoms with van der Waals surface area (Å²) in [5.41, 5.74) is 6.28. The van der Waals surface area contributed by atoms with E-state index in [1.54, 1.807) is 24.3 Å². The van der Waals surface area contributed by atoms with Gasteiger partial charge in [-0.25, -0.2) is 0 Å². The van der Waals surface area contributed by atoms with Crippen LogP contribution in [0, 0.1) is 0 Å². The van der Waals surface area contributed by atoms with Gasteiger partial charge in [-0.2, -0.15) is 13.2 Å². The molecule has 0 saturated heterocycles. The summed E-state index contributed by atoms with van der Waals surface area (Å²) in [6.45, 7) is -1.10. The average Bonchev–Trinajstić information content (AvgIpc) is 2.35. The second-order valence-electron chi connectivity index (χ2n) is 4.31. The van der Waals surface area contributed by atoms with Crippen LogP contribution >= 0.6 is 0 Å². The fourth-order valence-corrected chi connectivity index (χ4v) is 2.10. The first kappa shape index (κ1) is 15.9. The van der Waals surface area contributed by atoms with Crippen LogP contribution in [0.2, 0.25) is 0 Å². The predicted molar refractivity (Wildman–Crippen MR) is 67.6 cm³/mol. The van der Waals surface area contributed by atoms with Gasteiger partial charge < -0.3 is 10.8 Å². The molecule has 19 heavy (non-hydrogen) atoms. The first-order chi connectivity index (χ1) is 8.98. The van der Waals surface area contributed by atoms with Crippen LogP contribution in [0.15, 0.2) is 30.3 Å². The molecule has 108 valence electrons. The normalized spacial score (nSPS) is 13.8. The Bertz CT molecular complexity index is 357. The number of rotatable bonds is 7. The highest BCUT2D eigenvalue weighted by Gasteiger charge is 2.33. The van der Waals surface area contributed by atoms with E-state index in [0.717, 1.165) is 5.56 Å². The Labute approximate surface area is 110 Å². The van der Waals surface area contributed by atoms with E-state index in [0.29, 0.717) is 13.0 Å². The Morgan fingerprint density at radius 1 is 1.21 bits per heavy atom. The van der Waals surface area contributed by atoms with E-state index in [1.165, 1.54) is 4.90 Å². The first-order valence-electron chi connectivity index (χ1n) is 6.14. The average molecular weight is 276 g/mol. The molecule has 0 aliphatic rings. The highest BCUT2D eigenvalue weighted by molar-refractivity contribution is 5.19. The Balaban J connectivity index is 2.92. The topological polar surface area (TPSA) is 49.5 Å². The lowest BCUT2D eigenvalue weighted by Crippen LogP contribution is -2.39. The third-order valence-electron chi connectivity index (χ3n) is 2.83. The number of halogens is 3. The zero-order valence-electron chi connectivity index (χ0n) is 10.6. The molecule has 0 heterocycles. The van der Waals surface area contributed by atoms with Gasteiger partial charge in [0.05, 0.1) is 13.2 Å². The first-order valence-corrected chi connectivity index (χ1v) is 6.14. The van der Waals surface area contributed by atoms with Crippen molar-refractivity contribution < 1.29 is 18.3 Å². The minimum absolute atomic E-state index is 0.0287. The number of aliphatic hydroxyl groups excluding tert-OH is 1. The van der Waals surface area contributed by atoms with E-state index < -0.39 is 18.8 Å². The summed E-state index contributed by atoms with van der Waals surface area (Å²) in [5, 5.41) is 8.96. The SMILES string of the molecule is NCCC(c1ccccc1)N(CCO)CC(F)(F)F. The number of nitrogens with zero attached hydrogens (tertiary/aromatic N) is 1. The van der Waals surface area contributed by atoms with Crippen molar-refractivity contribution in [2.24, 2.45) is 5.73 Å². The Morgan fingerprint density at radius 3 is 2.32 bits per heavy atom. The van der Waals surface area contributed by atoms with E-state index in [4.69, 9.17) is 10.8 Å². The molecule has 3 nitrogen and oxygen atoms in total. The second kappa shape index (κ2) is 7.47. The summed E-state index contributed by atoms with van der Waals surface area (Å²) < 4.78 is 37.8. The second-order valence-corrected chi connectivity index (χ2v) is 4.31. The van der Waals surface area contributed by atoms with Gasteiger partial charge in [-0.05, 0) is 18.5 Å². The highest BCUT2D eigenvalue weighted by atomic mass is 19.4. The van der Waals surface area contributed by atoms with Crippen molar-refractivity contribution in [1.29, 1.82) is 0 Å². The van der Waals surface area contributed by atoms with Crippen LogP contribution < -0.4 is 5.73 Å². The highest BCUT2D eigenvalue weighted by Crippen LogP contribution is 2.27. The quantitative estimate of drug-likeness (QED) is 0.800. The molecule has 1 atom stereocenters. The number of hydrogen-bond donors (Lipinski definition) is 2. The van der Waals surface area contributed by atoms with E-state index in [-0.39, 0.29) is 13.2 Å². The standard InChI is InChI=1S/C13H19F3N2O/c14-13(15,16)10-18(8-9-19)12(6-7-17)11-4-2-1-3-5-11/h1-5,12,19H,6-10,17H2. The van der Waals surface area contributed by atoms with Crippen LogP contribution in [0.4, 0.5) is 13.2 Å². The molecule has 0 spiro atoms. The predicted octanol–water partition coefficient (Wildman–Crippen LogP) is 1.93. The van der Waals surface area contributed by atoms with Gasteiger partial charge in [0.2, 0.25) is 0 Å². The van der Waals surface area contributed by atoms with Gasteiger partial charge in [0.15, 0.2) is 0 Å². The summed E-state index contributed by atoms with van der Waals surface area (Å²) in [6.07, 6.45) is -3.88. The smallest absolute Gasteiger partial charge is 0.395 e. The van der Waals surface area contributed by atoms with E-state index in [2.05, 4.69) is 0 Å². The van der Waals surface area contributed by atoms with Gasteiger partial charge in [-0.1, -0.05) is 30.3 Å². The molecule has 0 aliphatic heterocycles. The molecule has 1 rings (SSSR count). The number of aliphatic hydroxyl groups is 1. The van der Waals surface area contributed by atoms with E-state index >= 15 is 0 Å². The Kier molecular flexibility index (Phi) is 6.27. The molecule has 6 heteroatoms. The maximum atomic E-state index is 12.6. The number of alkyl halides is 3. The van der Waals surface area contributed by atoms with Crippen LogP contribution in [-0.4, -0.2) is 42.4 Å². The van der Waals surface area contributed by atoms with Gasteiger partial charge in [0.25, 0.3) is 0 Å². The van der Waals surface area contributed by atoms with Crippen molar-refractivity contribution in [3.05, 3.63) is 35.9 Å². The van der Waals surface area contributed by atoms with Crippen LogP contribution in [0.5, 0.6) is 0 Å². The molecule has 0 aliphatic carbocycles. The molecule has 1 aromatic carbocycles. The number of benzene rings is 1. The van der Waals surface area contributed by atoms with Crippen molar-refractivity contribution in [3.63, 3.8) is 0 Å². The molecular formula is C13H19F3N2O. The monoisotopic (exact) mass is 276 g/mol. The largest absolute Gasteiger partial charge is 0.401 e. The van der Waals surface area contributed by atoms with Crippen molar-refractivity contribution >= 4 is 0 Å². The minimum Gasteiger partial charge on any atom is -0.395 e. The summed E-state index contributed by atoms with van der Waals surface area (Å²) in [7, 11) is 0. The van der Waals surface area contributed by atoms with Crippen LogP contribution in [-0.2, 0) is 0 Å². The molecule has 1 aromatic rings. The van der Waals surface area contributed by atoms with E-state index in [9.17, 15) is 13.2 Å². The molecular weight excluding hydrogens is 257 g/mol. The third-order valence-corrected chi connectivity index (χ3v) is 2.83. The summed E-state index contributed by atoms with van der Waals surface area (Å²) >= 11 is 0. The lowest BCUT2D eigenvalue weighted by molar-refractivity contribution is -0.152. The summed E-state index contributed by atoms with van der Waals surface area (Å²) in [6, 6.07) is 8.50. The van der Waals surface area contributed by atoms with Gasteiger partial charge in [-0.3, -0.25) is 4.90 Å². The van der Waals surface area contributed by atoms with E-state index in [1.807, 2.05) is 6.07 Å². The van der Waals surface area contributed by atoms with Crippen molar-refractivity contribution in [2.45, 2.75) is 18.6 Å². The molecule has 0 bridgehead atoms. The zero-order chi connectivity index (χ0) is 14.3. The Hall–Kier alpha value is -1.11. The maximum absolute atomic E-state index is 12.6. The molecule has 0 fully saturated rings. The van der Waals surface area contributed by atoms with Crippen molar-refractivity contribution in [1.82, 2.24) is 4.90 Å². The molecule has 0 radical (unpaired) electrons. The van der Waals surface area contributed by atoms with Crippen LogP contribution in [0.1, 0.15) is 18.0 Å². The molecule has 0 saturated carbocycles. The van der Waals surface area contributed by atoms with Gasteiger partial charge in [-0.15, -0.1) is 0 Å². The third kappa shape index (κ3) is 5.59. The summed E-state index contributed by atoms with van der Waals surface area (Å²) in [5.74, 6) is 0. The van der Waals surface area contributed by atoms with Gasteiger partial charge >= 0.3 is 6.18 Å². The number of nitrogens with two attached hydrogens (primary N) is 1. The Morgan fingerprint density at radius 2 is 1.84 bits per heavy atom. The fraction of sp³-hybridized carbons (Fsp3) is 0.538. The molecule has 0 amide bonds. The minimum atomic E-state index is -4.29. The van der Waals surface area contributed by atoms with Crippen molar-refractivity contribution in [3.8, 4) is 0 Å². The number of hydrogen-bond acceptors (Lipinski definition) is 3. The zero-order valence-corrected chi connectivity index (χ0v) is 10.6. The lowest BCUT2D eigenvalue weighted by Gasteiger charge is -2.32. The maximum Gasteiger partial charge on any atom is 0.401 e. The van der Waals surface area contributed by atoms with Gasteiger partial charge in [0.1, 0.15) is 0 Å². The molecule has 3 N–H and O–H groups in total.